The van der Waals surface area contributed by atoms with E-state index in [2.05, 4.69) is 26.3 Å². The second-order valence-corrected chi connectivity index (χ2v) is 11.5. The van der Waals surface area contributed by atoms with E-state index in [1.54, 1.807) is 37.4 Å². The normalized spacial score (nSPS) is 15.0. The van der Waals surface area contributed by atoms with Gasteiger partial charge in [0.25, 0.3) is 17.4 Å². The molecular formula is C30H28BrF3N6O3. The maximum Gasteiger partial charge on any atom is 0.417 e. The smallest absolute Gasteiger partial charge is 0.355 e. The second-order valence-electron chi connectivity index (χ2n) is 10.6. The monoisotopic (exact) mass is 656 g/mol. The molecule has 0 radical (unpaired) electrons. The number of hydrogen-bond acceptors (Lipinski definition) is 5. The van der Waals surface area contributed by atoms with Gasteiger partial charge in [-0.15, -0.1) is 0 Å². The van der Waals surface area contributed by atoms with Gasteiger partial charge < -0.3 is 10.2 Å². The molecule has 5 rings (SSSR count). The number of nitrogens with one attached hydrogen (secondary N) is 1. The molecule has 9 nitrogen and oxygen atoms in total. The lowest BCUT2D eigenvalue weighted by molar-refractivity contribution is -0.138. The third-order valence-corrected chi connectivity index (χ3v) is 8.09. The first kappa shape index (κ1) is 30.2. The summed E-state index contributed by atoms with van der Waals surface area (Å²) in [5.74, 6) is -0.599. The molecule has 0 saturated heterocycles. The van der Waals surface area contributed by atoms with E-state index in [1.807, 2.05) is 19.9 Å². The fraction of sp³-hybridized carbons (Fsp3) is 0.300. The number of benzene rings is 2. The molecule has 1 atom stereocenters. The van der Waals surface area contributed by atoms with Crippen LogP contribution in [0.5, 0.6) is 0 Å². The van der Waals surface area contributed by atoms with Crippen molar-refractivity contribution in [2.75, 3.05) is 7.05 Å². The first-order valence-electron chi connectivity index (χ1n) is 13.5. The van der Waals surface area contributed by atoms with Crippen molar-refractivity contribution in [2.24, 2.45) is 0 Å². The molecule has 0 saturated carbocycles. The molecule has 0 fully saturated rings. The van der Waals surface area contributed by atoms with E-state index in [9.17, 15) is 27.6 Å². The summed E-state index contributed by atoms with van der Waals surface area (Å²) in [5, 5.41) is 7.17. The number of fused-ring (bicyclic) bond motifs is 1. The standard InChI is InChI=1S/C30H28BrF3N6O3/c1-16(2)24-11-12-39(37-24)29-36-25-15-38(27(42)19-7-10-23(31)22(14-19)30(32,33)34)17(3)13-21(25)28(43)40(29)20-8-5-18(6-9-20)26(41)35-4/h5-12,14,16-17H,13,15H2,1-4H3,(H,35,41)/t17-/m1/s1. The highest BCUT2D eigenvalue weighted by molar-refractivity contribution is 9.10. The molecule has 2 aromatic carbocycles. The second kappa shape index (κ2) is 11.4. The van der Waals surface area contributed by atoms with Crippen LogP contribution in [0.4, 0.5) is 13.2 Å². The Labute approximate surface area is 253 Å². The maximum absolute atomic E-state index is 14.1. The minimum Gasteiger partial charge on any atom is -0.355 e. The van der Waals surface area contributed by atoms with Crippen molar-refractivity contribution < 1.29 is 22.8 Å². The van der Waals surface area contributed by atoms with Gasteiger partial charge in [-0.1, -0.05) is 29.8 Å². The van der Waals surface area contributed by atoms with E-state index in [0.29, 0.717) is 22.5 Å². The van der Waals surface area contributed by atoms with Gasteiger partial charge >= 0.3 is 6.18 Å². The van der Waals surface area contributed by atoms with Gasteiger partial charge in [-0.05, 0) is 67.8 Å². The molecule has 4 aromatic rings. The summed E-state index contributed by atoms with van der Waals surface area (Å²) < 4.78 is 43.3. The zero-order valence-corrected chi connectivity index (χ0v) is 25.3. The molecule has 3 heterocycles. The van der Waals surface area contributed by atoms with Gasteiger partial charge in [0.15, 0.2) is 0 Å². The van der Waals surface area contributed by atoms with Gasteiger partial charge in [-0.3, -0.25) is 14.4 Å². The Balaban J connectivity index is 1.61. The van der Waals surface area contributed by atoms with Crippen LogP contribution >= 0.6 is 15.9 Å². The Kier molecular flexibility index (Phi) is 8.03. The van der Waals surface area contributed by atoms with Crippen LogP contribution in [0.2, 0.25) is 0 Å². The molecule has 2 aromatic heterocycles. The summed E-state index contributed by atoms with van der Waals surface area (Å²) in [6.45, 7) is 5.62. The minimum absolute atomic E-state index is 0.0796. The van der Waals surface area contributed by atoms with Crippen LogP contribution in [0.15, 0.2) is 64.0 Å². The zero-order chi connectivity index (χ0) is 31.2. The van der Waals surface area contributed by atoms with E-state index in [1.165, 1.54) is 33.3 Å². The number of carbonyl (C=O) groups excluding carboxylic acids is 2. The van der Waals surface area contributed by atoms with Crippen molar-refractivity contribution in [1.29, 1.82) is 0 Å². The molecule has 43 heavy (non-hydrogen) atoms. The Morgan fingerprint density at radius 3 is 2.35 bits per heavy atom. The number of nitrogens with zero attached hydrogens (tertiary/aromatic N) is 5. The van der Waals surface area contributed by atoms with Crippen molar-refractivity contribution in [3.63, 3.8) is 0 Å². The quantitative estimate of drug-likeness (QED) is 0.315. The summed E-state index contributed by atoms with van der Waals surface area (Å²) in [7, 11) is 1.53. The lowest BCUT2D eigenvalue weighted by atomic mass is 9.98. The van der Waals surface area contributed by atoms with Gasteiger partial charge in [-0.25, -0.2) is 14.2 Å². The van der Waals surface area contributed by atoms with E-state index >= 15 is 0 Å². The van der Waals surface area contributed by atoms with E-state index < -0.39 is 23.7 Å². The lowest BCUT2D eigenvalue weighted by Gasteiger charge is -2.34. The number of rotatable bonds is 5. The molecule has 13 heteroatoms. The Morgan fingerprint density at radius 2 is 1.74 bits per heavy atom. The van der Waals surface area contributed by atoms with E-state index in [0.717, 1.165) is 11.8 Å². The van der Waals surface area contributed by atoms with Gasteiger partial charge in [-0.2, -0.15) is 18.3 Å². The SMILES string of the molecule is CNC(=O)c1ccc(-n2c(-n3ccc(C(C)C)n3)nc3c(c2=O)C[C@@H](C)N(C(=O)c2ccc(Br)c(C(F)(F)F)c2)C3)cc1. The van der Waals surface area contributed by atoms with Crippen LogP contribution in [-0.2, 0) is 19.1 Å². The molecule has 0 bridgehead atoms. The molecule has 2 amide bonds. The van der Waals surface area contributed by atoms with Gasteiger partial charge in [0.2, 0.25) is 5.95 Å². The first-order valence-corrected chi connectivity index (χ1v) is 14.3. The summed E-state index contributed by atoms with van der Waals surface area (Å²) >= 11 is 2.91. The van der Waals surface area contributed by atoms with Crippen molar-refractivity contribution in [2.45, 2.75) is 51.9 Å². The fourth-order valence-corrected chi connectivity index (χ4v) is 5.48. The van der Waals surface area contributed by atoms with E-state index in [-0.39, 0.29) is 46.3 Å². The van der Waals surface area contributed by atoms with Crippen LogP contribution in [0.1, 0.15) is 69.9 Å². The number of aromatic nitrogens is 4. The van der Waals surface area contributed by atoms with E-state index in [4.69, 9.17) is 4.98 Å². The number of carbonyl (C=O) groups is 2. The highest BCUT2D eigenvalue weighted by atomic mass is 79.9. The molecule has 0 aliphatic carbocycles. The van der Waals surface area contributed by atoms with Crippen molar-refractivity contribution in [3.8, 4) is 11.6 Å². The average Bonchev–Trinajstić information content (AvgIpc) is 3.47. The fourth-order valence-electron chi connectivity index (χ4n) is 5.01. The van der Waals surface area contributed by atoms with Crippen LogP contribution in [-0.4, -0.2) is 49.1 Å². The van der Waals surface area contributed by atoms with Gasteiger partial charge in [0, 0.05) is 40.4 Å². The Hall–Kier alpha value is -4.26. The Morgan fingerprint density at radius 1 is 1.07 bits per heavy atom. The van der Waals surface area contributed by atoms with Crippen molar-refractivity contribution >= 4 is 27.7 Å². The molecule has 1 aliphatic rings. The first-order chi connectivity index (χ1) is 20.3. The largest absolute Gasteiger partial charge is 0.417 e. The predicted molar refractivity (Wildman–Crippen MR) is 157 cm³/mol. The average molecular weight is 657 g/mol. The van der Waals surface area contributed by atoms with Crippen LogP contribution in [0, 0.1) is 0 Å². The highest BCUT2D eigenvalue weighted by Gasteiger charge is 2.36. The third kappa shape index (κ3) is 5.73. The number of alkyl halides is 3. The summed E-state index contributed by atoms with van der Waals surface area (Å²) in [6.07, 6.45) is -2.82. The lowest BCUT2D eigenvalue weighted by Crippen LogP contribution is -2.46. The number of halogens is 4. The van der Waals surface area contributed by atoms with Crippen LogP contribution in [0.3, 0.4) is 0 Å². The third-order valence-electron chi connectivity index (χ3n) is 7.40. The summed E-state index contributed by atoms with van der Waals surface area (Å²) in [4.78, 5) is 45.9. The molecule has 224 valence electrons. The molecular weight excluding hydrogens is 629 g/mol. The molecule has 1 aliphatic heterocycles. The maximum atomic E-state index is 14.1. The minimum atomic E-state index is -4.64. The van der Waals surface area contributed by atoms with Crippen LogP contribution in [0.25, 0.3) is 11.6 Å². The van der Waals surface area contributed by atoms with Crippen molar-refractivity contribution in [3.05, 3.63) is 103 Å². The highest BCUT2D eigenvalue weighted by Crippen LogP contribution is 2.36. The van der Waals surface area contributed by atoms with Gasteiger partial charge in [0.05, 0.1) is 29.2 Å². The topological polar surface area (TPSA) is 102 Å². The molecule has 1 N–H and O–H groups in total. The molecule has 0 spiro atoms. The Bertz CT molecular complexity index is 1780. The number of hydrogen-bond donors (Lipinski definition) is 1. The summed E-state index contributed by atoms with van der Waals surface area (Å²) in [6, 6.07) is 11.2. The summed E-state index contributed by atoms with van der Waals surface area (Å²) in [5.41, 5.74) is 0.935. The predicted octanol–water partition coefficient (Wildman–Crippen LogP) is 5.27. The molecule has 0 unspecified atom stereocenters. The number of amides is 2. The van der Waals surface area contributed by atoms with Gasteiger partial charge in [0.1, 0.15) is 0 Å². The zero-order valence-electron chi connectivity index (χ0n) is 23.7. The van der Waals surface area contributed by atoms with Crippen LogP contribution < -0.4 is 10.9 Å². The van der Waals surface area contributed by atoms with Crippen molar-refractivity contribution in [1.82, 2.24) is 29.5 Å².